The van der Waals surface area contributed by atoms with Crippen molar-refractivity contribution in [2.75, 3.05) is 19.7 Å². The van der Waals surface area contributed by atoms with Gasteiger partial charge in [0.25, 0.3) is 0 Å². The van der Waals surface area contributed by atoms with Crippen molar-refractivity contribution in [3.05, 3.63) is 47.9 Å². The maximum atomic E-state index is 11.6. The summed E-state index contributed by atoms with van der Waals surface area (Å²) in [6, 6.07) is 6.12. The number of nitrogens with one attached hydrogen (secondary N) is 3. The molecule has 5 rings (SSSR count). The summed E-state index contributed by atoms with van der Waals surface area (Å²) in [6.45, 7) is 5.14. The fourth-order valence-corrected chi connectivity index (χ4v) is 4.90. The van der Waals surface area contributed by atoms with Crippen LogP contribution in [-0.4, -0.2) is 36.7 Å². The molecule has 170 valence electrons. The number of benzene rings is 1. The largest absolute Gasteiger partial charge is 0.436 e. The molecule has 3 atom stereocenters. The van der Waals surface area contributed by atoms with Crippen LogP contribution in [0.2, 0.25) is 0 Å². The molecule has 0 radical (unpaired) electrons. The number of allylic oxidation sites excluding steroid dienone is 2. The lowest BCUT2D eigenvalue weighted by Gasteiger charge is -2.30. The molecule has 2 aliphatic heterocycles. The Kier molecular flexibility index (Phi) is 6.39. The highest BCUT2D eigenvalue weighted by molar-refractivity contribution is 5.80. The van der Waals surface area contributed by atoms with Crippen LogP contribution in [0.25, 0.3) is 16.7 Å². The minimum atomic E-state index is 0.0281. The number of carbonyl (C=O) groups excluding carboxylic acids is 1. The second-order valence-electron chi connectivity index (χ2n) is 9.25. The molecule has 2 saturated heterocycles. The highest BCUT2D eigenvalue weighted by Gasteiger charge is 2.27. The normalized spacial score (nSPS) is 26.8. The molecule has 0 spiro atoms. The number of piperidine rings is 1. The van der Waals surface area contributed by atoms with Crippen LogP contribution in [0.1, 0.15) is 56.5 Å². The van der Waals surface area contributed by atoms with Crippen molar-refractivity contribution in [3.63, 3.8) is 0 Å². The summed E-state index contributed by atoms with van der Waals surface area (Å²) in [5.74, 6) is 1.63. The number of nitrogens with zero attached hydrogens (tertiary/aromatic N) is 1. The van der Waals surface area contributed by atoms with E-state index < -0.39 is 0 Å². The van der Waals surface area contributed by atoms with Gasteiger partial charge in [-0.15, -0.1) is 0 Å². The van der Waals surface area contributed by atoms with E-state index in [1.54, 1.807) is 0 Å². The van der Waals surface area contributed by atoms with Gasteiger partial charge in [0, 0.05) is 18.6 Å². The first kappa shape index (κ1) is 21.4. The number of rotatable bonds is 6. The zero-order valence-corrected chi connectivity index (χ0v) is 18.6. The van der Waals surface area contributed by atoms with Gasteiger partial charge in [-0.1, -0.05) is 25.1 Å². The first-order chi connectivity index (χ1) is 15.7. The second kappa shape index (κ2) is 9.57. The van der Waals surface area contributed by atoms with Gasteiger partial charge in [0.15, 0.2) is 5.58 Å². The van der Waals surface area contributed by atoms with Crippen molar-refractivity contribution >= 4 is 22.6 Å². The quantitative estimate of drug-likeness (QED) is 0.641. The lowest BCUT2D eigenvalue weighted by molar-refractivity contribution is -0.125. The fourth-order valence-electron chi connectivity index (χ4n) is 4.90. The predicted molar refractivity (Wildman–Crippen MR) is 123 cm³/mol. The smallest absolute Gasteiger partial charge is 0.234 e. The molecular weight excluding hydrogens is 404 g/mol. The lowest BCUT2D eigenvalue weighted by Crippen LogP contribution is -2.48. The number of ether oxygens (including phenoxy) is 1. The minimum Gasteiger partial charge on any atom is -0.436 e. The number of oxazole rings is 1. The van der Waals surface area contributed by atoms with E-state index >= 15 is 0 Å². The Bertz CT molecular complexity index is 1020. The number of hydrazine groups is 1. The maximum Gasteiger partial charge on any atom is 0.234 e. The van der Waals surface area contributed by atoms with Crippen molar-refractivity contribution in [2.45, 2.75) is 51.2 Å². The van der Waals surface area contributed by atoms with Gasteiger partial charge < -0.3 is 14.5 Å². The van der Waals surface area contributed by atoms with Crippen LogP contribution < -0.4 is 16.2 Å². The average molecular weight is 437 g/mol. The first-order valence-electron chi connectivity index (χ1n) is 11.8. The van der Waals surface area contributed by atoms with Crippen LogP contribution in [0.15, 0.2) is 40.8 Å². The fraction of sp³-hybridized carbons (Fsp3) is 0.520. The van der Waals surface area contributed by atoms with Crippen LogP contribution >= 0.6 is 0 Å². The van der Waals surface area contributed by atoms with Crippen LogP contribution in [0, 0.1) is 11.8 Å². The molecule has 3 N–H and O–H groups in total. The van der Waals surface area contributed by atoms with E-state index in [2.05, 4.69) is 47.4 Å². The van der Waals surface area contributed by atoms with E-state index in [4.69, 9.17) is 14.1 Å². The van der Waals surface area contributed by atoms with E-state index in [-0.39, 0.29) is 24.0 Å². The van der Waals surface area contributed by atoms with Gasteiger partial charge in [-0.05, 0) is 74.4 Å². The predicted octanol–water partition coefficient (Wildman–Crippen LogP) is 3.65. The van der Waals surface area contributed by atoms with E-state index in [1.165, 1.54) is 12.8 Å². The Balaban J connectivity index is 1.26. The highest BCUT2D eigenvalue weighted by Crippen LogP contribution is 2.31. The summed E-state index contributed by atoms with van der Waals surface area (Å²) in [7, 11) is 0. The first-order valence-corrected chi connectivity index (χ1v) is 11.8. The van der Waals surface area contributed by atoms with Crippen molar-refractivity contribution < 1.29 is 13.9 Å². The number of fused-ring (bicyclic) bond motifs is 1. The Morgan fingerprint density at radius 3 is 2.97 bits per heavy atom. The van der Waals surface area contributed by atoms with Gasteiger partial charge >= 0.3 is 0 Å². The standard InChI is InChI=1S/C25H32N4O3/c1-16-13-23(30)28-29-24(16)18-5-6-21-22(15-18)32-25(27-21)19-3-2-4-20(14-19)31-12-9-17-7-10-26-11-8-17/h2-3,5-6,14-17,20,24,26,29H,4,7-13H2,1H3,(H,28,30). The molecule has 2 fully saturated rings. The Labute approximate surface area is 188 Å². The van der Waals surface area contributed by atoms with Crippen molar-refractivity contribution in [1.29, 1.82) is 0 Å². The molecule has 0 saturated carbocycles. The summed E-state index contributed by atoms with van der Waals surface area (Å²) >= 11 is 0. The molecule has 1 aromatic heterocycles. The van der Waals surface area contributed by atoms with E-state index in [9.17, 15) is 4.79 Å². The molecule has 7 heteroatoms. The summed E-state index contributed by atoms with van der Waals surface area (Å²) in [4.78, 5) is 16.3. The Morgan fingerprint density at radius 1 is 1.25 bits per heavy atom. The van der Waals surface area contributed by atoms with Crippen LogP contribution in [0.3, 0.4) is 0 Å². The molecule has 3 heterocycles. The summed E-state index contributed by atoms with van der Waals surface area (Å²) in [6.07, 6.45) is 11.4. The number of aromatic nitrogens is 1. The van der Waals surface area contributed by atoms with E-state index in [1.807, 2.05) is 12.1 Å². The van der Waals surface area contributed by atoms with Crippen molar-refractivity contribution in [1.82, 2.24) is 21.2 Å². The van der Waals surface area contributed by atoms with Gasteiger partial charge in [0.2, 0.25) is 11.8 Å². The topological polar surface area (TPSA) is 88.4 Å². The zero-order chi connectivity index (χ0) is 21.9. The molecule has 2 aromatic rings. The summed E-state index contributed by atoms with van der Waals surface area (Å²) in [5.41, 5.74) is 9.49. The van der Waals surface area contributed by atoms with Gasteiger partial charge in [0.1, 0.15) is 5.52 Å². The minimum absolute atomic E-state index is 0.0281. The monoisotopic (exact) mass is 436 g/mol. The van der Waals surface area contributed by atoms with E-state index in [0.29, 0.717) is 12.3 Å². The summed E-state index contributed by atoms with van der Waals surface area (Å²) < 4.78 is 12.3. The Morgan fingerprint density at radius 2 is 2.12 bits per heavy atom. The molecule has 0 bridgehead atoms. The van der Waals surface area contributed by atoms with Gasteiger partial charge in [-0.3, -0.25) is 10.2 Å². The molecule has 3 aliphatic rings. The van der Waals surface area contributed by atoms with Gasteiger partial charge in [0.05, 0.1) is 12.1 Å². The molecule has 1 amide bonds. The van der Waals surface area contributed by atoms with Gasteiger partial charge in [-0.2, -0.15) is 0 Å². The lowest BCUT2D eigenvalue weighted by atomic mass is 9.91. The molecule has 1 aromatic carbocycles. The van der Waals surface area contributed by atoms with Gasteiger partial charge in [-0.25, -0.2) is 10.4 Å². The average Bonchev–Trinajstić information content (AvgIpc) is 3.24. The molecule has 1 aliphatic carbocycles. The van der Waals surface area contributed by atoms with Crippen LogP contribution in [0.5, 0.6) is 0 Å². The maximum absolute atomic E-state index is 11.6. The zero-order valence-electron chi connectivity index (χ0n) is 18.6. The number of amides is 1. The van der Waals surface area contributed by atoms with Crippen molar-refractivity contribution in [3.8, 4) is 0 Å². The van der Waals surface area contributed by atoms with E-state index in [0.717, 1.165) is 60.7 Å². The third kappa shape index (κ3) is 4.80. The third-order valence-corrected chi connectivity index (χ3v) is 6.81. The molecular formula is C25H32N4O3. The number of carbonyl (C=O) groups is 1. The second-order valence-corrected chi connectivity index (χ2v) is 9.25. The van der Waals surface area contributed by atoms with Crippen LogP contribution in [-0.2, 0) is 9.53 Å². The molecule has 32 heavy (non-hydrogen) atoms. The molecule has 7 nitrogen and oxygen atoms in total. The van der Waals surface area contributed by atoms with Crippen LogP contribution in [0.4, 0.5) is 0 Å². The number of hydrogen-bond acceptors (Lipinski definition) is 6. The number of hydrogen-bond donors (Lipinski definition) is 3. The highest BCUT2D eigenvalue weighted by atomic mass is 16.5. The summed E-state index contributed by atoms with van der Waals surface area (Å²) in [5, 5.41) is 3.42. The SMILES string of the molecule is CC1CC(=O)NNC1c1ccc2nc(C3=CC(OCCC4CCNCC4)CC=C3)oc2c1. The van der Waals surface area contributed by atoms with Crippen molar-refractivity contribution in [2.24, 2.45) is 11.8 Å². The Hall–Kier alpha value is -2.48. The molecule has 3 unspecified atom stereocenters. The third-order valence-electron chi connectivity index (χ3n) is 6.81.